The van der Waals surface area contributed by atoms with Crippen LogP contribution >= 0.6 is 11.9 Å². The molecule has 1 saturated heterocycles. The number of imidazole rings is 1. The zero-order valence-corrected chi connectivity index (χ0v) is 19.7. The Kier molecular flexibility index (Phi) is 7.71. The summed E-state index contributed by atoms with van der Waals surface area (Å²) in [6.07, 6.45) is 7.51. The second-order valence-electron chi connectivity index (χ2n) is 8.53. The Morgan fingerprint density at radius 1 is 1.33 bits per heavy atom. The van der Waals surface area contributed by atoms with Gasteiger partial charge in [-0.1, -0.05) is 11.9 Å². The van der Waals surface area contributed by atoms with Crippen molar-refractivity contribution >= 4 is 29.6 Å². The molecule has 3 N–H and O–H groups in total. The standard InChI is InChI=1S/C22H30F2N8S/c1-14-19(11-29-33-2)31(12-15-3-4-15)7-8-32(14)21-9-17(27-13-28-21)18-10-26-20(30-18)6-5-16(25)22(23)24/h5-6,9-10,13-15,19,22,25,29H,3-4,7-8,11-12H2,1-2H3,(H,26,30)/b6-5-,25-16?. The van der Waals surface area contributed by atoms with Crippen LogP contribution in [0.15, 0.2) is 24.7 Å². The van der Waals surface area contributed by atoms with Crippen LogP contribution in [0.5, 0.6) is 0 Å². The Hall–Kier alpha value is -2.37. The number of H-pyrrole nitrogens is 1. The molecule has 8 nitrogen and oxygen atoms in total. The van der Waals surface area contributed by atoms with Gasteiger partial charge in [0.1, 0.15) is 18.0 Å². The number of halogens is 2. The maximum absolute atomic E-state index is 12.5. The third kappa shape index (κ3) is 5.96. The number of alkyl halides is 2. The third-order valence-electron chi connectivity index (χ3n) is 6.25. The van der Waals surface area contributed by atoms with Gasteiger partial charge in [0.2, 0.25) is 0 Å². The lowest BCUT2D eigenvalue weighted by atomic mass is 10.0. The second kappa shape index (κ2) is 10.7. The smallest absolute Gasteiger partial charge is 0.279 e. The number of anilines is 1. The minimum absolute atomic E-state index is 0.278. The number of nitrogens with zero attached hydrogens (tertiary/aromatic N) is 5. The molecule has 2 unspecified atom stereocenters. The van der Waals surface area contributed by atoms with Crippen LogP contribution in [-0.2, 0) is 0 Å². The number of aromatic nitrogens is 4. The van der Waals surface area contributed by atoms with E-state index < -0.39 is 12.1 Å². The maximum atomic E-state index is 12.5. The highest BCUT2D eigenvalue weighted by Gasteiger charge is 2.37. The Bertz CT molecular complexity index is 977. The highest BCUT2D eigenvalue weighted by Crippen LogP contribution is 2.33. The van der Waals surface area contributed by atoms with Gasteiger partial charge in [0, 0.05) is 44.3 Å². The summed E-state index contributed by atoms with van der Waals surface area (Å²) in [6.45, 7) is 6.22. The summed E-state index contributed by atoms with van der Waals surface area (Å²) in [4.78, 5) is 21.1. The van der Waals surface area contributed by atoms with E-state index >= 15 is 0 Å². The van der Waals surface area contributed by atoms with E-state index in [2.05, 4.69) is 47.6 Å². The molecular formula is C22H30F2N8S. The van der Waals surface area contributed by atoms with Gasteiger partial charge in [-0.3, -0.25) is 15.0 Å². The highest BCUT2D eigenvalue weighted by molar-refractivity contribution is 7.96. The molecule has 2 fully saturated rings. The van der Waals surface area contributed by atoms with Crippen molar-refractivity contribution in [2.75, 3.05) is 37.3 Å². The predicted octanol–water partition coefficient (Wildman–Crippen LogP) is 3.32. The van der Waals surface area contributed by atoms with Crippen LogP contribution < -0.4 is 9.62 Å². The summed E-state index contributed by atoms with van der Waals surface area (Å²) in [7, 11) is 0. The molecule has 3 heterocycles. The third-order valence-corrected chi connectivity index (χ3v) is 6.70. The molecule has 0 aromatic carbocycles. The number of allylic oxidation sites excluding steroid dienone is 1. The summed E-state index contributed by atoms with van der Waals surface area (Å²) in [6, 6.07) is 2.61. The zero-order valence-electron chi connectivity index (χ0n) is 18.8. The van der Waals surface area contributed by atoms with E-state index in [4.69, 9.17) is 5.41 Å². The molecule has 0 amide bonds. The minimum Gasteiger partial charge on any atom is -0.351 e. The van der Waals surface area contributed by atoms with Crippen LogP contribution in [0.1, 0.15) is 25.6 Å². The fourth-order valence-corrected chi connectivity index (χ4v) is 4.55. The van der Waals surface area contributed by atoms with E-state index in [1.807, 2.05) is 6.07 Å². The Morgan fingerprint density at radius 3 is 2.88 bits per heavy atom. The SMILES string of the molecule is CSNCC1C(C)N(c2cc(-c3cnc(/C=C\C(=N)C(F)F)[nH]3)ncn2)CCN1CC1CC1. The van der Waals surface area contributed by atoms with E-state index in [9.17, 15) is 8.78 Å². The van der Waals surface area contributed by atoms with Crippen molar-refractivity contribution in [3.8, 4) is 11.4 Å². The fourth-order valence-electron chi connectivity index (χ4n) is 4.21. The first kappa shape index (κ1) is 23.8. The lowest BCUT2D eigenvalue weighted by Gasteiger charge is -2.47. The number of aromatic amines is 1. The van der Waals surface area contributed by atoms with Gasteiger partial charge in [-0.15, -0.1) is 0 Å². The molecule has 1 aliphatic heterocycles. The molecule has 0 bridgehead atoms. The maximum Gasteiger partial charge on any atom is 0.279 e. The van der Waals surface area contributed by atoms with Crippen LogP contribution in [0.2, 0.25) is 0 Å². The largest absolute Gasteiger partial charge is 0.351 e. The lowest BCUT2D eigenvalue weighted by molar-refractivity contribution is 0.141. The number of rotatable bonds is 10. The van der Waals surface area contributed by atoms with Crippen LogP contribution in [0.25, 0.3) is 17.5 Å². The van der Waals surface area contributed by atoms with Gasteiger partial charge in [0.05, 0.1) is 23.3 Å². The van der Waals surface area contributed by atoms with Gasteiger partial charge < -0.3 is 9.88 Å². The molecule has 1 aliphatic carbocycles. The number of hydrogen-bond acceptors (Lipinski definition) is 8. The second-order valence-corrected chi connectivity index (χ2v) is 9.22. The number of hydrogen-bond donors (Lipinski definition) is 3. The quantitative estimate of drug-likeness (QED) is 0.358. The van der Waals surface area contributed by atoms with Gasteiger partial charge in [0.25, 0.3) is 6.43 Å². The first-order valence-electron chi connectivity index (χ1n) is 11.1. The normalized spacial score (nSPS) is 21.9. The molecule has 2 aliphatic rings. The average molecular weight is 477 g/mol. The van der Waals surface area contributed by atoms with Gasteiger partial charge in [-0.05, 0) is 44.1 Å². The van der Waals surface area contributed by atoms with Gasteiger partial charge in [0.15, 0.2) is 0 Å². The first-order chi connectivity index (χ1) is 16.0. The Balaban J connectivity index is 1.49. The Morgan fingerprint density at radius 2 is 2.15 bits per heavy atom. The molecule has 1 saturated carbocycles. The molecule has 0 radical (unpaired) electrons. The number of nitrogens with one attached hydrogen (secondary N) is 3. The fraction of sp³-hybridized carbons (Fsp3) is 0.545. The van der Waals surface area contributed by atoms with Crippen LogP contribution in [0.3, 0.4) is 0 Å². The van der Waals surface area contributed by atoms with Crippen LogP contribution in [0, 0.1) is 11.3 Å². The summed E-state index contributed by atoms with van der Waals surface area (Å²) < 4.78 is 28.5. The van der Waals surface area contributed by atoms with Crippen molar-refractivity contribution in [3.05, 3.63) is 30.5 Å². The van der Waals surface area contributed by atoms with E-state index in [1.54, 1.807) is 24.5 Å². The molecule has 4 rings (SSSR count). The molecule has 33 heavy (non-hydrogen) atoms. The molecule has 2 aromatic rings. The topological polar surface area (TPSA) is 96.8 Å². The Labute approximate surface area is 196 Å². The van der Waals surface area contributed by atoms with Gasteiger partial charge >= 0.3 is 0 Å². The molecule has 0 spiro atoms. The molecule has 2 atom stereocenters. The summed E-state index contributed by atoms with van der Waals surface area (Å²) >= 11 is 1.65. The van der Waals surface area contributed by atoms with E-state index in [-0.39, 0.29) is 6.04 Å². The predicted molar refractivity (Wildman–Crippen MR) is 129 cm³/mol. The zero-order chi connectivity index (χ0) is 23.4. The summed E-state index contributed by atoms with van der Waals surface area (Å²) in [5, 5.41) is 7.22. The van der Waals surface area contributed by atoms with Crippen molar-refractivity contribution < 1.29 is 8.78 Å². The van der Waals surface area contributed by atoms with Crippen LogP contribution in [-0.4, -0.2) is 81.5 Å². The van der Waals surface area contributed by atoms with Crippen molar-refractivity contribution in [1.82, 2.24) is 29.6 Å². The summed E-state index contributed by atoms with van der Waals surface area (Å²) in [5.41, 5.74) is 0.600. The summed E-state index contributed by atoms with van der Waals surface area (Å²) in [5.74, 6) is 2.10. The monoisotopic (exact) mass is 476 g/mol. The average Bonchev–Trinajstić information content (AvgIpc) is 3.50. The van der Waals surface area contributed by atoms with Gasteiger partial charge in [-0.25, -0.2) is 23.7 Å². The van der Waals surface area contributed by atoms with E-state index in [0.717, 1.165) is 37.4 Å². The molecular weight excluding hydrogens is 446 g/mol. The van der Waals surface area contributed by atoms with E-state index in [1.165, 1.54) is 25.5 Å². The van der Waals surface area contributed by atoms with Crippen molar-refractivity contribution in [2.45, 2.75) is 38.3 Å². The minimum atomic E-state index is -2.80. The van der Waals surface area contributed by atoms with Crippen molar-refractivity contribution in [3.63, 3.8) is 0 Å². The van der Waals surface area contributed by atoms with Crippen LogP contribution in [0.4, 0.5) is 14.6 Å². The number of piperazine rings is 1. The first-order valence-corrected chi connectivity index (χ1v) is 12.4. The van der Waals surface area contributed by atoms with E-state index in [0.29, 0.717) is 23.3 Å². The van der Waals surface area contributed by atoms with Crippen molar-refractivity contribution in [1.29, 1.82) is 5.41 Å². The van der Waals surface area contributed by atoms with Crippen molar-refractivity contribution in [2.24, 2.45) is 5.92 Å². The highest BCUT2D eigenvalue weighted by atomic mass is 32.2. The molecule has 178 valence electrons. The molecule has 11 heteroatoms. The lowest BCUT2D eigenvalue weighted by Crippen LogP contribution is -2.61. The molecule has 2 aromatic heterocycles. The van der Waals surface area contributed by atoms with Gasteiger partial charge in [-0.2, -0.15) is 0 Å².